The number of aryl methyl sites for hydroxylation is 1. The molecule has 1 saturated carbocycles. The van der Waals surface area contributed by atoms with E-state index < -0.39 is 0 Å². The van der Waals surface area contributed by atoms with Gasteiger partial charge in [-0.2, -0.15) is 0 Å². The van der Waals surface area contributed by atoms with Crippen molar-refractivity contribution in [2.75, 3.05) is 7.11 Å². The summed E-state index contributed by atoms with van der Waals surface area (Å²) in [4.78, 5) is 30.6. The van der Waals surface area contributed by atoms with Crippen LogP contribution in [0.2, 0.25) is 5.02 Å². The van der Waals surface area contributed by atoms with E-state index in [0.717, 1.165) is 42.3 Å². The SMILES string of the molecule is COc1ccc(-n2c(=O)n(CC3CCC(NC(=O)c4cc(Cl)ccc4C)CC3)c3ccccc32)cn1. The Kier molecular flexibility index (Phi) is 6.83. The first kappa shape index (κ1) is 24.1. The fourth-order valence-electron chi connectivity index (χ4n) is 5.11. The van der Waals surface area contributed by atoms with E-state index in [1.165, 1.54) is 0 Å². The summed E-state index contributed by atoms with van der Waals surface area (Å²) in [5.74, 6) is 0.785. The van der Waals surface area contributed by atoms with Crippen LogP contribution in [0.1, 0.15) is 41.6 Å². The number of carbonyl (C=O) groups is 1. The van der Waals surface area contributed by atoms with Crippen LogP contribution >= 0.6 is 11.6 Å². The Morgan fingerprint density at radius 2 is 1.83 bits per heavy atom. The summed E-state index contributed by atoms with van der Waals surface area (Å²) in [7, 11) is 1.57. The van der Waals surface area contributed by atoms with Crippen LogP contribution in [0, 0.1) is 12.8 Å². The van der Waals surface area contributed by atoms with Crippen LogP contribution in [0.5, 0.6) is 5.88 Å². The Hall–Kier alpha value is -3.58. The number of pyridine rings is 1. The third-order valence-electron chi connectivity index (χ3n) is 7.09. The van der Waals surface area contributed by atoms with E-state index in [1.807, 2.05) is 47.9 Å². The maximum Gasteiger partial charge on any atom is 0.333 e. The average molecular weight is 505 g/mol. The Morgan fingerprint density at radius 3 is 2.53 bits per heavy atom. The normalized spacial score (nSPS) is 17.8. The largest absolute Gasteiger partial charge is 0.481 e. The molecule has 36 heavy (non-hydrogen) atoms. The number of hydrogen-bond acceptors (Lipinski definition) is 4. The number of para-hydroxylation sites is 2. The van der Waals surface area contributed by atoms with Gasteiger partial charge in [0.2, 0.25) is 5.88 Å². The molecule has 0 radical (unpaired) electrons. The molecule has 1 fully saturated rings. The zero-order valence-corrected chi connectivity index (χ0v) is 21.2. The van der Waals surface area contributed by atoms with Crippen LogP contribution in [-0.2, 0) is 6.54 Å². The Bertz CT molecular complexity index is 1450. The lowest BCUT2D eigenvalue weighted by Gasteiger charge is -2.29. The molecule has 2 heterocycles. The minimum absolute atomic E-state index is 0.0741. The molecule has 5 rings (SSSR count). The number of methoxy groups -OCH3 is 1. The molecule has 1 N–H and O–H groups in total. The summed E-state index contributed by atoms with van der Waals surface area (Å²) in [6.45, 7) is 2.56. The topological polar surface area (TPSA) is 78.1 Å². The molecule has 2 aromatic carbocycles. The van der Waals surface area contributed by atoms with E-state index in [4.69, 9.17) is 16.3 Å². The highest BCUT2D eigenvalue weighted by Crippen LogP contribution is 2.28. The average Bonchev–Trinajstić information content (AvgIpc) is 3.17. The third-order valence-corrected chi connectivity index (χ3v) is 7.33. The van der Waals surface area contributed by atoms with Crippen LogP contribution in [0.15, 0.2) is 65.6 Å². The third kappa shape index (κ3) is 4.75. The molecule has 0 aliphatic heterocycles. The van der Waals surface area contributed by atoms with Crippen molar-refractivity contribution >= 4 is 28.5 Å². The van der Waals surface area contributed by atoms with Gasteiger partial charge in [0.25, 0.3) is 5.91 Å². The van der Waals surface area contributed by atoms with Gasteiger partial charge in [-0.3, -0.25) is 13.9 Å². The maximum atomic E-state index is 13.5. The highest BCUT2D eigenvalue weighted by molar-refractivity contribution is 6.31. The van der Waals surface area contributed by atoms with Crippen LogP contribution in [0.3, 0.4) is 0 Å². The van der Waals surface area contributed by atoms with E-state index in [9.17, 15) is 9.59 Å². The van der Waals surface area contributed by atoms with Crippen LogP contribution in [0.4, 0.5) is 0 Å². The molecule has 1 aliphatic rings. The van der Waals surface area contributed by atoms with Crippen LogP contribution < -0.4 is 15.7 Å². The zero-order chi connectivity index (χ0) is 25.2. The van der Waals surface area contributed by atoms with Gasteiger partial charge in [0.05, 0.1) is 30.0 Å². The van der Waals surface area contributed by atoms with Gasteiger partial charge in [-0.1, -0.05) is 29.8 Å². The number of fused-ring (bicyclic) bond motifs is 1. The number of nitrogens with zero attached hydrogens (tertiary/aromatic N) is 3. The molecule has 0 saturated heterocycles. The van der Waals surface area contributed by atoms with E-state index in [-0.39, 0.29) is 17.6 Å². The molecule has 1 aliphatic carbocycles. The number of amides is 1. The van der Waals surface area contributed by atoms with Crippen molar-refractivity contribution in [1.82, 2.24) is 19.4 Å². The zero-order valence-electron chi connectivity index (χ0n) is 20.4. The van der Waals surface area contributed by atoms with E-state index >= 15 is 0 Å². The lowest BCUT2D eigenvalue weighted by atomic mass is 9.85. The van der Waals surface area contributed by atoms with Crippen molar-refractivity contribution in [3.8, 4) is 11.6 Å². The Morgan fingerprint density at radius 1 is 1.08 bits per heavy atom. The first-order valence-corrected chi connectivity index (χ1v) is 12.6. The smallest absolute Gasteiger partial charge is 0.333 e. The number of carbonyl (C=O) groups excluding carboxylic acids is 1. The van der Waals surface area contributed by atoms with E-state index in [2.05, 4.69) is 10.3 Å². The maximum absolute atomic E-state index is 13.5. The molecule has 8 heteroatoms. The second-order valence-corrected chi connectivity index (χ2v) is 9.86. The lowest BCUT2D eigenvalue weighted by molar-refractivity contribution is 0.0920. The van der Waals surface area contributed by atoms with Crippen molar-refractivity contribution < 1.29 is 9.53 Å². The van der Waals surface area contributed by atoms with Gasteiger partial charge in [-0.25, -0.2) is 9.78 Å². The van der Waals surface area contributed by atoms with Gasteiger partial charge in [0.1, 0.15) is 0 Å². The van der Waals surface area contributed by atoms with Gasteiger partial charge < -0.3 is 10.1 Å². The number of benzene rings is 2. The second kappa shape index (κ2) is 10.2. The van der Waals surface area contributed by atoms with Crippen LogP contribution in [0.25, 0.3) is 16.7 Å². The van der Waals surface area contributed by atoms with Gasteiger partial charge in [0, 0.05) is 29.2 Å². The summed E-state index contributed by atoms with van der Waals surface area (Å²) >= 11 is 6.09. The minimum atomic E-state index is -0.0779. The first-order valence-electron chi connectivity index (χ1n) is 12.2. The standard InChI is InChI=1S/C28H29ClN4O3/c1-18-7-10-20(29)15-23(18)27(34)31-21-11-8-19(9-12-21)17-32-24-5-3-4-6-25(24)33(28(32)35)22-13-14-26(36-2)30-16-22/h3-7,10,13-16,19,21H,8-9,11-12,17H2,1-2H3,(H,31,34). The lowest BCUT2D eigenvalue weighted by Crippen LogP contribution is -2.39. The van der Waals surface area contributed by atoms with Crippen molar-refractivity contribution in [2.45, 2.75) is 45.2 Å². The van der Waals surface area contributed by atoms with Gasteiger partial charge in [-0.15, -0.1) is 0 Å². The fourth-order valence-corrected chi connectivity index (χ4v) is 5.28. The van der Waals surface area contributed by atoms with Crippen molar-refractivity contribution in [2.24, 2.45) is 5.92 Å². The number of halogens is 1. The molecule has 0 atom stereocenters. The minimum Gasteiger partial charge on any atom is -0.481 e. The van der Waals surface area contributed by atoms with Crippen molar-refractivity contribution in [1.29, 1.82) is 0 Å². The number of rotatable bonds is 6. The molecular formula is C28H29ClN4O3. The molecule has 0 unspecified atom stereocenters. The number of imidazole rings is 1. The summed E-state index contributed by atoms with van der Waals surface area (Å²) < 4.78 is 8.74. The molecule has 4 aromatic rings. The quantitative estimate of drug-likeness (QED) is 0.394. The van der Waals surface area contributed by atoms with Gasteiger partial charge in [0.15, 0.2) is 0 Å². The van der Waals surface area contributed by atoms with Gasteiger partial charge >= 0.3 is 5.69 Å². The monoisotopic (exact) mass is 504 g/mol. The predicted octanol–water partition coefficient (Wildman–Crippen LogP) is 5.15. The van der Waals surface area contributed by atoms with Crippen LogP contribution in [-0.4, -0.2) is 33.2 Å². The van der Waals surface area contributed by atoms with Gasteiger partial charge in [-0.05, 0) is 74.4 Å². The first-order chi connectivity index (χ1) is 17.4. The molecule has 186 valence electrons. The van der Waals surface area contributed by atoms with E-state index in [0.29, 0.717) is 34.6 Å². The highest BCUT2D eigenvalue weighted by atomic mass is 35.5. The summed E-state index contributed by atoms with van der Waals surface area (Å²) in [6.07, 6.45) is 5.30. The Balaban J connectivity index is 1.30. The second-order valence-electron chi connectivity index (χ2n) is 9.43. The number of ether oxygens (including phenoxy) is 1. The molecular weight excluding hydrogens is 476 g/mol. The molecule has 0 spiro atoms. The van der Waals surface area contributed by atoms with Crippen molar-refractivity contribution in [3.63, 3.8) is 0 Å². The predicted molar refractivity (Wildman–Crippen MR) is 141 cm³/mol. The molecule has 2 aromatic heterocycles. The fraction of sp³-hybridized carbons (Fsp3) is 0.321. The summed E-state index contributed by atoms with van der Waals surface area (Å²) in [6, 6.07) is 17.0. The van der Waals surface area contributed by atoms with E-state index in [1.54, 1.807) is 36.1 Å². The summed E-state index contributed by atoms with van der Waals surface area (Å²) in [5, 5.41) is 3.74. The number of hydrogen-bond donors (Lipinski definition) is 1. The number of aromatic nitrogens is 3. The molecule has 0 bridgehead atoms. The Labute approximate surface area is 214 Å². The molecule has 7 nitrogen and oxygen atoms in total. The van der Waals surface area contributed by atoms with Crippen molar-refractivity contribution in [3.05, 3.63) is 87.4 Å². The molecule has 1 amide bonds. The summed E-state index contributed by atoms with van der Waals surface area (Å²) in [5.41, 5.74) is 3.93. The highest BCUT2D eigenvalue weighted by Gasteiger charge is 2.25. The number of nitrogens with one attached hydrogen (secondary N) is 1.